The SMILES string of the molecule is CC(O[N+](=O)[O-])C(=O)NC1CCN(C)CC1. The first kappa shape index (κ1) is 12.7. The van der Waals surface area contributed by atoms with Gasteiger partial charge in [0.05, 0.1) is 0 Å². The molecule has 7 nitrogen and oxygen atoms in total. The van der Waals surface area contributed by atoms with E-state index in [1.807, 2.05) is 7.05 Å². The van der Waals surface area contributed by atoms with E-state index in [2.05, 4.69) is 15.1 Å². The third-order valence-corrected chi connectivity index (χ3v) is 2.68. The summed E-state index contributed by atoms with van der Waals surface area (Å²) in [5.74, 6) is -0.425. The molecule has 16 heavy (non-hydrogen) atoms. The zero-order valence-electron chi connectivity index (χ0n) is 9.51. The minimum absolute atomic E-state index is 0.0986. The zero-order chi connectivity index (χ0) is 12.1. The van der Waals surface area contributed by atoms with Gasteiger partial charge in [-0.1, -0.05) is 0 Å². The number of nitrogens with one attached hydrogen (secondary N) is 1. The van der Waals surface area contributed by atoms with Gasteiger partial charge in [-0.15, -0.1) is 10.1 Å². The Balaban J connectivity index is 2.31. The Kier molecular flexibility index (Phi) is 4.48. The van der Waals surface area contributed by atoms with E-state index in [-0.39, 0.29) is 6.04 Å². The first-order valence-corrected chi connectivity index (χ1v) is 5.29. The molecule has 0 aromatic rings. The highest BCUT2D eigenvalue weighted by Crippen LogP contribution is 2.08. The van der Waals surface area contributed by atoms with Crippen molar-refractivity contribution in [3.05, 3.63) is 10.1 Å². The fourth-order valence-corrected chi connectivity index (χ4v) is 1.65. The lowest BCUT2D eigenvalue weighted by Crippen LogP contribution is -2.46. The number of hydrogen-bond acceptors (Lipinski definition) is 5. The molecule has 92 valence electrons. The number of piperidine rings is 1. The van der Waals surface area contributed by atoms with Gasteiger partial charge in [-0.3, -0.25) is 4.79 Å². The van der Waals surface area contributed by atoms with Crippen LogP contribution in [0, 0.1) is 10.1 Å². The zero-order valence-corrected chi connectivity index (χ0v) is 9.51. The third-order valence-electron chi connectivity index (χ3n) is 2.68. The molecule has 0 saturated carbocycles. The molecule has 0 radical (unpaired) electrons. The summed E-state index contributed by atoms with van der Waals surface area (Å²) in [5, 5.41) is 11.8. The number of amides is 1. The molecule has 1 fully saturated rings. The standard InChI is InChI=1S/C9H17N3O4/c1-7(16-12(14)15)9(13)10-8-3-5-11(2)6-4-8/h7-8H,3-6H2,1-2H3,(H,10,13). The summed E-state index contributed by atoms with van der Waals surface area (Å²) in [6, 6.07) is 0.0986. The van der Waals surface area contributed by atoms with Gasteiger partial charge in [0.15, 0.2) is 6.10 Å². The summed E-state index contributed by atoms with van der Waals surface area (Å²) >= 11 is 0. The van der Waals surface area contributed by atoms with E-state index in [4.69, 9.17) is 0 Å². The molecule has 0 bridgehead atoms. The monoisotopic (exact) mass is 231 g/mol. The fraction of sp³-hybridized carbons (Fsp3) is 0.889. The third kappa shape index (κ3) is 4.01. The van der Waals surface area contributed by atoms with Gasteiger partial charge in [-0.05, 0) is 39.9 Å². The average Bonchev–Trinajstić information content (AvgIpc) is 2.20. The molecule has 7 heteroatoms. The van der Waals surface area contributed by atoms with Crippen LogP contribution in [0.1, 0.15) is 19.8 Å². The molecular weight excluding hydrogens is 214 g/mol. The van der Waals surface area contributed by atoms with Crippen molar-refractivity contribution in [1.82, 2.24) is 10.2 Å². The second-order valence-electron chi connectivity index (χ2n) is 4.06. The molecule has 1 heterocycles. The molecule has 1 unspecified atom stereocenters. The largest absolute Gasteiger partial charge is 0.351 e. The average molecular weight is 231 g/mol. The molecule has 1 saturated heterocycles. The van der Waals surface area contributed by atoms with Crippen LogP contribution in [0.15, 0.2) is 0 Å². The van der Waals surface area contributed by atoms with Crippen molar-refractivity contribution in [2.75, 3.05) is 20.1 Å². The smallest absolute Gasteiger partial charge is 0.295 e. The van der Waals surface area contributed by atoms with Crippen LogP contribution >= 0.6 is 0 Å². The van der Waals surface area contributed by atoms with E-state index in [9.17, 15) is 14.9 Å². The van der Waals surface area contributed by atoms with E-state index in [0.717, 1.165) is 25.9 Å². The van der Waals surface area contributed by atoms with E-state index in [1.165, 1.54) is 6.92 Å². The highest BCUT2D eigenvalue weighted by atomic mass is 17.0. The lowest BCUT2D eigenvalue weighted by atomic mass is 10.1. The lowest BCUT2D eigenvalue weighted by molar-refractivity contribution is -0.763. The van der Waals surface area contributed by atoms with Crippen LogP contribution in [-0.4, -0.2) is 48.2 Å². The predicted molar refractivity (Wildman–Crippen MR) is 56.2 cm³/mol. The number of carbonyl (C=O) groups is 1. The first-order valence-electron chi connectivity index (χ1n) is 5.29. The Hall–Kier alpha value is -1.37. The van der Waals surface area contributed by atoms with Crippen LogP contribution in [0.25, 0.3) is 0 Å². The van der Waals surface area contributed by atoms with Gasteiger partial charge in [-0.2, -0.15) is 0 Å². The van der Waals surface area contributed by atoms with Crippen LogP contribution in [-0.2, 0) is 9.63 Å². The van der Waals surface area contributed by atoms with Gasteiger partial charge >= 0.3 is 0 Å². The van der Waals surface area contributed by atoms with Crippen LogP contribution in [0.4, 0.5) is 0 Å². The van der Waals surface area contributed by atoms with Gasteiger partial charge in [0.25, 0.3) is 5.09 Å². The van der Waals surface area contributed by atoms with Gasteiger partial charge in [0.1, 0.15) is 0 Å². The van der Waals surface area contributed by atoms with E-state index < -0.39 is 17.1 Å². The molecule has 1 aliphatic rings. The van der Waals surface area contributed by atoms with Crippen molar-refractivity contribution in [1.29, 1.82) is 0 Å². The molecule has 1 amide bonds. The quantitative estimate of drug-likeness (QED) is 0.534. The van der Waals surface area contributed by atoms with Gasteiger partial charge < -0.3 is 15.1 Å². The number of rotatable bonds is 4. The molecule has 1 rings (SSSR count). The van der Waals surface area contributed by atoms with Crippen molar-refractivity contribution in [3.8, 4) is 0 Å². The van der Waals surface area contributed by atoms with E-state index >= 15 is 0 Å². The minimum atomic E-state index is -1.05. The number of carbonyl (C=O) groups excluding carboxylic acids is 1. The Morgan fingerprint density at radius 2 is 2.12 bits per heavy atom. The minimum Gasteiger partial charge on any atom is -0.351 e. The normalized spacial score (nSPS) is 20.1. The lowest BCUT2D eigenvalue weighted by Gasteiger charge is -2.29. The maximum Gasteiger partial charge on any atom is 0.295 e. The van der Waals surface area contributed by atoms with Crippen LogP contribution in [0.5, 0.6) is 0 Å². The predicted octanol–water partition coefficient (Wildman–Crippen LogP) is -0.206. The molecule has 0 spiro atoms. The van der Waals surface area contributed by atoms with Crippen LogP contribution < -0.4 is 5.32 Å². The van der Waals surface area contributed by atoms with Crippen molar-refractivity contribution >= 4 is 5.91 Å². The van der Waals surface area contributed by atoms with Crippen molar-refractivity contribution in [2.45, 2.75) is 31.9 Å². The van der Waals surface area contributed by atoms with E-state index in [1.54, 1.807) is 0 Å². The molecule has 0 aromatic carbocycles. The summed E-state index contributed by atoms with van der Waals surface area (Å²) < 4.78 is 0. The van der Waals surface area contributed by atoms with Crippen LogP contribution in [0.3, 0.4) is 0 Å². The van der Waals surface area contributed by atoms with Crippen LogP contribution in [0.2, 0.25) is 0 Å². The van der Waals surface area contributed by atoms with Crippen molar-refractivity contribution in [2.24, 2.45) is 0 Å². The molecule has 1 aliphatic heterocycles. The fourth-order valence-electron chi connectivity index (χ4n) is 1.65. The number of likely N-dealkylation sites (tertiary alicyclic amines) is 1. The van der Waals surface area contributed by atoms with Crippen molar-refractivity contribution < 1.29 is 14.7 Å². The van der Waals surface area contributed by atoms with Gasteiger partial charge in [-0.25, -0.2) is 0 Å². The Labute approximate surface area is 93.8 Å². The summed E-state index contributed by atoms with van der Waals surface area (Å²) in [5.41, 5.74) is 0. The maximum atomic E-state index is 11.5. The summed E-state index contributed by atoms with van der Waals surface area (Å²) in [7, 11) is 2.02. The molecule has 1 N–H and O–H groups in total. The molecule has 0 aromatic heterocycles. The second kappa shape index (κ2) is 5.64. The first-order chi connectivity index (χ1) is 7.49. The Morgan fingerprint density at radius 3 is 2.62 bits per heavy atom. The maximum absolute atomic E-state index is 11.5. The highest BCUT2D eigenvalue weighted by molar-refractivity contribution is 5.80. The van der Waals surface area contributed by atoms with E-state index in [0.29, 0.717) is 0 Å². The molecule has 0 aliphatic carbocycles. The summed E-state index contributed by atoms with van der Waals surface area (Å²) in [4.78, 5) is 27.9. The van der Waals surface area contributed by atoms with Gasteiger partial charge in [0.2, 0.25) is 5.91 Å². The van der Waals surface area contributed by atoms with Gasteiger partial charge in [0, 0.05) is 6.04 Å². The topological polar surface area (TPSA) is 84.7 Å². The number of hydrogen-bond donors (Lipinski definition) is 1. The Bertz CT molecular complexity index is 263. The summed E-state index contributed by atoms with van der Waals surface area (Å²) in [6.07, 6.45) is 0.690. The second-order valence-corrected chi connectivity index (χ2v) is 4.06. The Morgan fingerprint density at radius 1 is 1.56 bits per heavy atom. The molecular formula is C9H17N3O4. The molecule has 1 atom stereocenters. The number of nitrogens with zero attached hydrogens (tertiary/aromatic N) is 2. The highest BCUT2D eigenvalue weighted by Gasteiger charge is 2.22. The van der Waals surface area contributed by atoms with Crippen molar-refractivity contribution in [3.63, 3.8) is 0 Å². The summed E-state index contributed by atoms with van der Waals surface area (Å²) in [6.45, 7) is 3.22.